The number of carboxylic acid groups (broad SMARTS) is 1. The van der Waals surface area contributed by atoms with E-state index in [9.17, 15) is 19.5 Å². The van der Waals surface area contributed by atoms with Crippen LogP contribution in [0, 0.1) is 0 Å². The Kier molecular flexibility index (Phi) is 7.30. The number of pyridine rings is 1. The largest absolute Gasteiger partial charge is 0.481 e. The summed E-state index contributed by atoms with van der Waals surface area (Å²) < 4.78 is 9.05. The Balaban J connectivity index is 1.17. The number of benzene rings is 2. The van der Waals surface area contributed by atoms with Crippen molar-refractivity contribution in [2.24, 2.45) is 14.1 Å². The van der Waals surface area contributed by atoms with Crippen molar-refractivity contribution >= 4 is 45.3 Å². The first kappa shape index (κ1) is 29.6. The molecule has 10 heteroatoms. The molecule has 0 unspecified atom stereocenters. The van der Waals surface area contributed by atoms with Gasteiger partial charge in [-0.25, -0.2) is 9.78 Å². The normalized spacial score (nSPS) is 16.0. The minimum Gasteiger partial charge on any atom is -0.481 e. The van der Waals surface area contributed by atoms with Crippen LogP contribution in [0.15, 0.2) is 60.8 Å². The van der Waals surface area contributed by atoms with Gasteiger partial charge in [0.05, 0.1) is 12.8 Å². The van der Waals surface area contributed by atoms with E-state index in [4.69, 9.17) is 4.74 Å². The Bertz CT molecular complexity index is 2010. The number of hydrogen-bond donors (Lipinski definition) is 3. The highest BCUT2D eigenvalue weighted by Gasteiger charge is 2.45. The summed E-state index contributed by atoms with van der Waals surface area (Å²) in [6, 6.07) is 16.6. The molecule has 2 aliphatic carbocycles. The summed E-state index contributed by atoms with van der Waals surface area (Å²) in [5.41, 5.74) is 5.31. The maximum absolute atomic E-state index is 13.7. The summed E-state index contributed by atoms with van der Waals surface area (Å²) in [5, 5.41) is 17.4. The lowest BCUT2D eigenvalue weighted by Gasteiger charge is -2.40. The quantitative estimate of drug-likeness (QED) is 0.185. The van der Waals surface area contributed by atoms with Crippen LogP contribution in [0.4, 0.5) is 5.69 Å². The van der Waals surface area contributed by atoms with Crippen molar-refractivity contribution in [3.8, 4) is 17.1 Å². The number of fused-ring (bicyclic) bond motifs is 2. The number of nitrogens with one attached hydrogen (secondary N) is 2. The Hall–Kier alpha value is -5.12. The van der Waals surface area contributed by atoms with Gasteiger partial charge in [0.15, 0.2) is 0 Å². The van der Waals surface area contributed by atoms with E-state index < -0.39 is 11.5 Å². The molecule has 2 aromatic carbocycles. The standard InChI is InChI=1S/C36H37N5O5/c1-40-27-13-11-25(17-24(27)19-29(40)34(43)44)38-35(45)36(15-6-16-36)39-33(42)22-9-12-26-28(18-22)41(2)32(31(26)21-7-4-5-8-21)23-10-14-30(46-3)37-20-23/h9-14,17-21H,4-8,15-16H2,1-3H3,(H,38,45)(H,39,42)(H,43,44). The fourth-order valence-electron chi connectivity index (χ4n) is 7.34. The van der Waals surface area contributed by atoms with E-state index in [0.29, 0.717) is 41.3 Å². The lowest BCUT2D eigenvalue weighted by atomic mass is 9.75. The van der Waals surface area contributed by atoms with Crippen LogP contribution >= 0.6 is 0 Å². The van der Waals surface area contributed by atoms with E-state index in [-0.39, 0.29) is 17.5 Å². The van der Waals surface area contributed by atoms with E-state index in [1.807, 2.05) is 43.6 Å². The number of ether oxygens (including phenoxy) is 1. The number of aromatic nitrogens is 3. The van der Waals surface area contributed by atoms with E-state index in [1.54, 1.807) is 43.0 Å². The summed E-state index contributed by atoms with van der Waals surface area (Å²) in [4.78, 5) is 43.4. The predicted molar refractivity (Wildman–Crippen MR) is 176 cm³/mol. The van der Waals surface area contributed by atoms with Gasteiger partial charge in [-0.3, -0.25) is 9.59 Å². The first-order valence-electron chi connectivity index (χ1n) is 15.8. The number of methoxy groups -OCH3 is 1. The van der Waals surface area contributed by atoms with Gasteiger partial charge in [0, 0.05) is 65.0 Å². The second-order valence-electron chi connectivity index (χ2n) is 12.6. The lowest BCUT2D eigenvalue weighted by Crippen LogP contribution is -2.61. The highest BCUT2D eigenvalue weighted by Crippen LogP contribution is 2.45. The number of hydrogen-bond acceptors (Lipinski definition) is 5. The summed E-state index contributed by atoms with van der Waals surface area (Å²) >= 11 is 0. The smallest absolute Gasteiger partial charge is 0.352 e. The lowest BCUT2D eigenvalue weighted by molar-refractivity contribution is -0.125. The monoisotopic (exact) mass is 619 g/mol. The average Bonchev–Trinajstić information content (AvgIpc) is 3.75. The fraction of sp³-hybridized carbons (Fsp3) is 0.333. The summed E-state index contributed by atoms with van der Waals surface area (Å²) in [5.74, 6) is -0.590. The molecule has 0 atom stereocenters. The summed E-state index contributed by atoms with van der Waals surface area (Å²) in [6.07, 6.45) is 8.42. The maximum atomic E-state index is 13.7. The topological polar surface area (TPSA) is 127 Å². The first-order chi connectivity index (χ1) is 22.2. The molecule has 3 heterocycles. The van der Waals surface area contributed by atoms with Crippen LogP contribution in [0.3, 0.4) is 0 Å². The zero-order valence-electron chi connectivity index (χ0n) is 26.2. The van der Waals surface area contributed by atoms with Crippen molar-refractivity contribution in [1.82, 2.24) is 19.4 Å². The Labute approximate surface area is 266 Å². The molecule has 2 saturated carbocycles. The third-order valence-electron chi connectivity index (χ3n) is 10.00. The molecule has 7 rings (SSSR count). The molecule has 236 valence electrons. The molecular formula is C36H37N5O5. The highest BCUT2D eigenvalue weighted by atomic mass is 16.5. The Morgan fingerprint density at radius 3 is 2.37 bits per heavy atom. The van der Waals surface area contributed by atoms with Gasteiger partial charge in [-0.2, -0.15) is 0 Å². The number of carbonyl (C=O) groups is 3. The van der Waals surface area contributed by atoms with Gasteiger partial charge in [0.25, 0.3) is 5.91 Å². The Morgan fingerprint density at radius 1 is 0.935 bits per heavy atom. The molecule has 3 aromatic heterocycles. The van der Waals surface area contributed by atoms with Crippen LogP contribution in [0.25, 0.3) is 33.1 Å². The van der Waals surface area contributed by atoms with Gasteiger partial charge in [0.1, 0.15) is 11.2 Å². The number of aromatic carboxylic acids is 1. The summed E-state index contributed by atoms with van der Waals surface area (Å²) in [7, 11) is 5.34. The zero-order chi connectivity index (χ0) is 32.2. The van der Waals surface area contributed by atoms with Crippen molar-refractivity contribution in [2.45, 2.75) is 56.4 Å². The molecule has 10 nitrogen and oxygen atoms in total. The van der Waals surface area contributed by atoms with Crippen molar-refractivity contribution in [3.63, 3.8) is 0 Å². The molecule has 0 spiro atoms. The van der Waals surface area contributed by atoms with Crippen molar-refractivity contribution in [3.05, 3.63) is 77.6 Å². The number of carbonyl (C=O) groups excluding carboxylic acids is 2. The Morgan fingerprint density at radius 2 is 1.72 bits per heavy atom. The van der Waals surface area contributed by atoms with Gasteiger partial charge in [0.2, 0.25) is 11.8 Å². The third kappa shape index (κ3) is 4.88. The molecule has 2 fully saturated rings. The molecule has 0 saturated heterocycles. The maximum Gasteiger partial charge on any atom is 0.352 e. The molecule has 5 aromatic rings. The average molecular weight is 620 g/mol. The van der Waals surface area contributed by atoms with E-state index >= 15 is 0 Å². The molecular weight excluding hydrogens is 582 g/mol. The number of aryl methyl sites for hydroxylation is 2. The number of carboxylic acids is 1. The predicted octanol–water partition coefficient (Wildman–Crippen LogP) is 6.39. The fourth-order valence-corrected chi connectivity index (χ4v) is 7.34. The van der Waals surface area contributed by atoms with E-state index in [0.717, 1.165) is 46.9 Å². The third-order valence-corrected chi connectivity index (χ3v) is 10.00. The summed E-state index contributed by atoms with van der Waals surface area (Å²) in [6.45, 7) is 0. The van der Waals surface area contributed by atoms with Gasteiger partial charge in [-0.1, -0.05) is 18.9 Å². The second-order valence-corrected chi connectivity index (χ2v) is 12.6. The number of anilines is 1. The minimum absolute atomic E-state index is 0.166. The van der Waals surface area contributed by atoms with Gasteiger partial charge in [-0.05, 0) is 86.1 Å². The van der Waals surface area contributed by atoms with Crippen LogP contribution in [0.2, 0.25) is 0 Å². The number of nitrogens with zero attached hydrogens (tertiary/aromatic N) is 3. The molecule has 0 bridgehead atoms. The number of amides is 2. The minimum atomic E-state index is -1.02. The SMILES string of the molecule is COc1ccc(-c2c(C3CCCC3)c3ccc(C(=O)NC4(C(=O)Nc5ccc6c(c5)cc(C(=O)O)n6C)CCC4)cc3n2C)cn1. The molecule has 0 radical (unpaired) electrons. The van der Waals surface area contributed by atoms with Crippen LogP contribution in [0.5, 0.6) is 5.88 Å². The van der Waals surface area contributed by atoms with E-state index in [1.165, 1.54) is 18.4 Å². The van der Waals surface area contributed by atoms with Gasteiger partial charge < -0.3 is 29.6 Å². The van der Waals surface area contributed by atoms with Crippen LogP contribution < -0.4 is 15.4 Å². The first-order valence-corrected chi connectivity index (χ1v) is 15.8. The van der Waals surface area contributed by atoms with Gasteiger partial charge >= 0.3 is 5.97 Å². The molecule has 2 amide bonds. The van der Waals surface area contributed by atoms with Gasteiger partial charge in [-0.15, -0.1) is 0 Å². The van der Waals surface area contributed by atoms with Crippen molar-refractivity contribution in [2.75, 3.05) is 12.4 Å². The van der Waals surface area contributed by atoms with E-state index in [2.05, 4.69) is 20.2 Å². The number of rotatable bonds is 8. The molecule has 2 aliphatic rings. The second kappa shape index (κ2) is 11.3. The molecule has 0 aliphatic heterocycles. The van der Waals surface area contributed by atoms with Crippen LogP contribution in [0.1, 0.15) is 77.3 Å². The molecule has 3 N–H and O–H groups in total. The van der Waals surface area contributed by atoms with Crippen molar-refractivity contribution in [1.29, 1.82) is 0 Å². The highest BCUT2D eigenvalue weighted by molar-refractivity contribution is 6.07. The van der Waals surface area contributed by atoms with Crippen molar-refractivity contribution < 1.29 is 24.2 Å². The zero-order valence-corrected chi connectivity index (χ0v) is 26.2. The van der Waals surface area contributed by atoms with Crippen LogP contribution in [-0.2, 0) is 18.9 Å². The van der Waals surface area contributed by atoms with Crippen LogP contribution in [-0.4, -0.2) is 49.7 Å². The molecule has 46 heavy (non-hydrogen) atoms.